The van der Waals surface area contributed by atoms with Crippen LogP contribution in [0.3, 0.4) is 0 Å². The van der Waals surface area contributed by atoms with Gasteiger partial charge in [-0.05, 0) is 51.0 Å². The van der Waals surface area contributed by atoms with Crippen LogP contribution in [0, 0.1) is 0 Å². The van der Waals surface area contributed by atoms with E-state index in [1.807, 2.05) is 12.5 Å². The van der Waals surface area contributed by atoms with Crippen LogP contribution in [0.25, 0.3) is 0 Å². The largest absolute Gasteiger partial charge is 0.462 e. The average molecular weight is 865 g/mol. The standard InChI is InChI=1S/C44H80O12S2/c1-7-11-15-18-21-24-39(45)52-33-37(32-51-36-50-31-14-10-4)55-42(48)27-29-44(57-5,58-6)30-28-43(49)56-38(34-53-40(46)25-22-19-16-12-8-2)35-54-41(47)26-23-20-17-13-9-3/h37-38H,7-36H2,1-6H3. The van der Waals surface area contributed by atoms with Crippen molar-refractivity contribution in [1.82, 2.24) is 0 Å². The van der Waals surface area contributed by atoms with Crippen molar-refractivity contribution in [2.24, 2.45) is 0 Å². The molecule has 0 amide bonds. The Bertz CT molecular complexity index is 1030. The van der Waals surface area contributed by atoms with Crippen LogP contribution in [-0.4, -0.2) is 98.5 Å². The molecular weight excluding hydrogens is 785 g/mol. The highest BCUT2D eigenvalue weighted by molar-refractivity contribution is 8.17. The maximum atomic E-state index is 13.2. The van der Waals surface area contributed by atoms with Crippen molar-refractivity contribution in [3.63, 3.8) is 0 Å². The highest BCUT2D eigenvalue weighted by Crippen LogP contribution is 2.42. The van der Waals surface area contributed by atoms with Gasteiger partial charge in [-0.25, -0.2) is 0 Å². The van der Waals surface area contributed by atoms with E-state index in [4.69, 9.17) is 33.2 Å². The van der Waals surface area contributed by atoms with Crippen LogP contribution in [0.5, 0.6) is 0 Å². The van der Waals surface area contributed by atoms with Crippen LogP contribution in [0.1, 0.15) is 182 Å². The summed E-state index contributed by atoms with van der Waals surface area (Å²) in [5, 5.41) is 0. The zero-order valence-corrected chi connectivity index (χ0v) is 38.7. The fourth-order valence-corrected chi connectivity index (χ4v) is 7.75. The first kappa shape index (κ1) is 56.0. The lowest BCUT2D eigenvalue weighted by atomic mass is 10.1. The molecule has 0 aromatic carbocycles. The molecule has 0 saturated heterocycles. The van der Waals surface area contributed by atoms with Crippen LogP contribution in [-0.2, 0) is 57.1 Å². The summed E-state index contributed by atoms with van der Waals surface area (Å²) >= 11 is 3.08. The highest BCUT2D eigenvalue weighted by Gasteiger charge is 2.31. The lowest BCUT2D eigenvalue weighted by Crippen LogP contribution is -2.32. The molecule has 340 valence electrons. The predicted octanol–water partition coefficient (Wildman–Crippen LogP) is 10.3. The molecule has 0 saturated carbocycles. The number of hydrogen-bond acceptors (Lipinski definition) is 14. The van der Waals surface area contributed by atoms with E-state index in [0.717, 1.165) is 109 Å². The summed E-state index contributed by atoms with van der Waals surface area (Å²) < 4.78 is 38.4. The second kappa shape index (κ2) is 39.1. The zero-order chi connectivity index (χ0) is 43.1. The lowest BCUT2D eigenvalue weighted by Gasteiger charge is -2.30. The molecule has 1 atom stereocenters. The molecule has 0 spiro atoms. The third-order valence-corrected chi connectivity index (χ3v) is 12.9. The summed E-state index contributed by atoms with van der Waals surface area (Å²) in [5.41, 5.74) is 0. The monoisotopic (exact) mass is 865 g/mol. The number of carbonyl (C=O) groups is 5. The van der Waals surface area contributed by atoms with Crippen LogP contribution < -0.4 is 0 Å². The Labute approximate surface area is 359 Å². The molecule has 58 heavy (non-hydrogen) atoms. The summed E-state index contributed by atoms with van der Waals surface area (Å²) in [6, 6.07) is 0. The van der Waals surface area contributed by atoms with Gasteiger partial charge in [0.15, 0.2) is 12.2 Å². The third-order valence-electron chi connectivity index (χ3n) is 9.62. The Balaban J connectivity index is 5.27. The molecule has 0 aromatic heterocycles. The van der Waals surface area contributed by atoms with Gasteiger partial charge in [0.2, 0.25) is 0 Å². The first-order valence-electron chi connectivity index (χ1n) is 22.2. The average Bonchev–Trinajstić information content (AvgIpc) is 3.22. The van der Waals surface area contributed by atoms with Crippen LogP contribution in [0.4, 0.5) is 0 Å². The zero-order valence-electron chi connectivity index (χ0n) is 37.1. The summed E-state index contributed by atoms with van der Waals surface area (Å²) in [6.07, 6.45) is 20.8. The van der Waals surface area contributed by atoms with E-state index in [1.165, 1.54) is 0 Å². The molecule has 0 heterocycles. The van der Waals surface area contributed by atoms with Gasteiger partial charge in [-0.15, -0.1) is 23.5 Å². The van der Waals surface area contributed by atoms with E-state index in [0.29, 0.717) is 25.9 Å². The van der Waals surface area contributed by atoms with E-state index < -0.39 is 28.2 Å². The number of carbonyl (C=O) groups excluding carboxylic acids is 5. The molecule has 14 heteroatoms. The van der Waals surface area contributed by atoms with Crippen LogP contribution >= 0.6 is 23.5 Å². The van der Waals surface area contributed by atoms with E-state index in [-0.39, 0.29) is 76.8 Å². The molecule has 0 bridgehead atoms. The number of hydrogen-bond donors (Lipinski definition) is 0. The second-order valence-electron chi connectivity index (χ2n) is 14.8. The fourth-order valence-electron chi connectivity index (χ4n) is 5.86. The van der Waals surface area contributed by atoms with Gasteiger partial charge >= 0.3 is 29.8 Å². The fraction of sp³-hybridized carbons (Fsp3) is 0.886. The van der Waals surface area contributed by atoms with Gasteiger partial charge < -0.3 is 33.2 Å². The number of unbranched alkanes of at least 4 members (excludes halogenated alkanes) is 13. The molecular formula is C44H80O12S2. The van der Waals surface area contributed by atoms with Crippen molar-refractivity contribution in [1.29, 1.82) is 0 Å². The van der Waals surface area contributed by atoms with Crippen molar-refractivity contribution in [2.75, 3.05) is 52.3 Å². The van der Waals surface area contributed by atoms with Crippen LogP contribution in [0.15, 0.2) is 0 Å². The molecule has 1 unspecified atom stereocenters. The Morgan fingerprint density at radius 3 is 1.16 bits per heavy atom. The van der Waals surface area contributed by atoms with Gasteiger partial charge in [0.25, 0.3) is 0 Å². The van der Waals surface area contributed by atoms with Crippen molar-refractivity contribution in [3.05, 3.63) is 0 Å². The van der Waals surface area contributed by atoms with Crippen molar-refractivity contribution >= 4 is 53.4 Å². The number of ether oxygens (including phenoxy) is 7. The molecule has 0 fully saturated rings. The quantitative estimate of drug-likeness (QED) is 0.0248. The first-order chi connectivity index (χ1) is 28.1. The van der Waals surface area contributed by atoms with Gasteiger partial charge in [-0.2, -0.15) is 0 Å². The van der Waals surface area contributed by atoms with Crippen molar-refractivity contribution < 1.29 is 57.1 Å². The van der Waals surface area contributed by atoms with Gasteiger partial charge in [0, 0.05) is 38.7 Å². The minimum Gasteiger partial charge on any atom is -0.462 e. The van der Waals surface area contributed by atoms with Crippen molar-refractivity contribution in [3.8, 4) is 0 Å². The Kier molecular flexibility index (Phi) is 37.8. The molecule has 0 aromatic rings. The Morgan fingerprint density at radius 1 is 0.431 bits per heavy atom. The number of rotatable bonds is 41. The van der Waals surface area contributed by atoms with Gasteiger partial charge in [0.1, 0.15) is 26.6 Å². The van der Waals surface area contributed by atoms with E-state index in [9.17, 15) is 24.0 Å². The van der Waals surface area contributed by atoms with E-state index in [2.05, 4.69) is 27.7 Å². The highest BCUT2D eigenvalue weighted by atomic mass is 32.2. The minimum atomic E-state index is -0.931. The van der Waals surface area contributed by atoms with Gasteiger partial charge in [0.05, 0.1) is 10.7 Å². The van der Waals surface area contributed by atoms with Crippen LogP contribution in [0.2, 0.25) is 0 Å². The van der Waals surface area contributed by atoms with Gasteiger partial charge in [-0.3, -0.25) is 24.0 Å². The molecule has 0 aliphatic heterocycles. The predicted molar refractivity (Wildman–Crippen MR) is 233 cm³/mol. The molecule has 0 N–H and O–H groups in total. The topological polar surface area (TPSA) is 150 Å². The molecule has 0 aliphatic rings. The molecule has 0 aliphatic carbocycles. The Hall–Kier alpha value is -2.03. The van der Waals surface area contributed by atoms with E-state index >= 15 is 0 Å². The maximum Gasteiger partial charge on any atom is 0.306 e. The number of thioether (sulfide) groups is 2. The summed E-state index contributed by atoms with van der Waals surface area (Å²) in [7, 11) is 0. The second-order valence-corrected chi connectivity index (χ2v) is 17.5. The smallest absolute Gasteiger partial charge is 0.306 e. The first-order valence-corrected chi connectivity index (χ1v) is 24.6. The molecule has 0 rings (SSSR count). The summed E-state index contributed by atoms with van der Waals surface area (Å²) in [6.45, 7) is 8.59. The summed E-state index contributed by atoms with van der Waals surface area (Å²) in [4.78, 5) is 63.6. The van der Waals surface area contributed by atoms with Gasteiger partial charge in [-0.1, -0.05) is 111 Å². The van der Waals surface area contributed by atoms with E-state index in [1.54, 1.807) is 23.5 Å². The SMILES string of the molecule is CCCCCCCC(=O)OCC(COCOCCCC)OC(=O)CCC(CCC(=O)OC(COC(=O)CCCCCCC)COC(=O)CCCCCCC)(SC)SC. The van der Waals surface area contributed by atoms with Crippen molar-refractivity contribution in [2.45, 2.75) is 198 Å². The normalized spacial score (nSPS) is 12.0. The molecule has 12 nitrogen and oxygen atoms in total. The summed E-state index contributed by atoms with van der Waals surface area (Å²) in [5.74, 6) is -2.06. The minimum absolute atomic E-state index is 0.0212. The molecule has 0 radical (unpaired) electrons. The lowest BCUT2D eigenvalue weighted by molar-refractivity contribution is -0.167. The maximum absolute atomic E-state index is 13.2. The number of esters is 5. The Morgan fingerprint density at radius 2 is 0.793 bits per heavy atom. The third kappa shape index (κ3) is 32.8.